The number of aromatic nitrogens is 1. The predicted molar refractivity (Wildman–Crippen MR) is 102 cm³/mol. The van der Waals surface area contributed by atoms with Crippen molar-refractivity contribution in [3.63, 3.8) is 0 Å². The van der Waals surface area contributed by atoms with Crippen LogP contribution in [-0.4, -0.2) is 29.4 Å². The number of likely N-dealkylation sites (N-methyl/N-ethyl adjacent to an activating group) is 1. The van der Waals surface area contributed by atoms with E-state index >= 15 is 0 Å². The molecule has 1 atom stereocenters. The Bertz CT molecular complexity index is 1210. The fourth-order valence-corrected chi connectivity index (χ4v) is 3.80. The largest absolute Gasteiger partial charge is 0.333 e. The lowest BCUT2D eigenvalue weighted by molar-refractivity contribution is 0.0723. The summed E-state index contributed by atoms with van der Waals surface area (Å²) in [7, 11) is 1.58. The number of aryl methyl sites for hydroxylation is 1. The van der Waals surface area contributed by atoms with Gasteiger partial charge in [0.05, 0.1) is 11.4 Å². The van der Waals surface area contributed by atoms with E-state index in [1.165, 1.54) is 23.1 Å². The van der Waals surface area contributed by atoms with E-state index in [4.69, 9.17) is 0 Å². The zero-order chi connectivity index (χ0) is 20.9. The summed E-state index contributed by atoms with van der Waals surface area (Å²) in [4.78, 5) is 29.5. The van der Waals surface area contributed by atoms with E-state index < -0.39 is 29.1 Å². The molecule has 0 radical (unpaired) electrons. The first kappa shape index (κ1) is 19.2. The minimum atomic E-state index is -1.11. The first-order valence-electron chi connectivity index (χ1n) is 9.05. The summed E-state index contributed by atoms with van der Waals surface area (Å²) in [5.74, 6) is -2.94. The number of nitrogens with zero attached hydrogens (tertiary/aromatic N) is 1. The van der Waals surface area contributed by atoms with Crippen LogP contribution in [-0.2, 0) is 6.54 Å². The lowest BCUT2D eigenvalue weighted by Crippen LogP contribution is -2.42. The van der Waals surface area contributed by atoms with Crippen molar-refractivity contribution >= 4 is 16.7 Å². The molecule has 5 nitrogen and oxygen atoms in total. The van der Waals surface area contributed by atoms with Crippen LogP contribution in [0.4, 0.5) is 13.2 Å². The summed E-state index contributed by atoms with van der Waals surface area (Å²) in [6, 6.07) is 5.42. The molecule has 1 aromatic heterocycles. The first-order chi connectivity index (χ1) is 13.8. The van der Waals surface area contributed by atoms with Crippen molar-refractivity contribution in [1.29, 1.82) is 0 Å². The molecule has 29 heavy (non-hydrogen) atoms. The molecule has 2 N–H and O–H groups in total. The topological polar surface area (TPSA) is 65.2 Å². The van der Waals surface area contributed by atoms with Crippen LogP contribution in [0.1, 0.15) is 33.2 Å². The van der Waals surface area contributed by atoms with E-state index in [9.17, 15) is 22.8 Å². The van der Waals surface area contributed by atoms with Crippen molar-refractivity contribution in [1.82, 2.24) is 15.2 Å². The highest BCUT2D eigenvalue weighted by atomic mass is 19.2. The van der Waals surface area contributed by atoms with Gasteiger partial charge in [0.15, 0.2) is 11.6 Å². The zero-order valence-electron chi connectivity index (χ0n) is 15.8. The van der Waals surface area contributed by atoms with Gasteiger partial charge >= 0.3 is 0 Å². The number of halogens is 3. The summed E-state index contributed by atoms with van der Waals surface area (Å²) < 4.78 is 41.2. The van der Waals surface area contributed by atoms with Crippen LogP contribution in [0.2, 0.25) is 0 Å². The molecular formula is C21H18F3N3O2. The fourth-order valence-electron chi connectivity index (χ4n) is 3.80. The minimum Gasteiger partial charge on any atom is -0.333 e. The van der Waals surface area contributed by atoms with E-state index in [-0.39, 0.29) is 16.7 Å². The molecule has 8 heteroatoms. The van der Waals surface area contributed by atoms with Crippen molar-refractivity contribution in [2.24, 2.45) is 0 Å². The third-order valence-electron chi connectivity index (χ3n) is 5.35. The number of H-pyrrole nitrogens is 1. The van der Waals surface area contributed by atoms with E-state index in [0.717, 1.165) is 12.1 Å². The minimum absolute atomic E-state index is 0.0213. The predicted octanol–water partition coefficient (Wildman–Crippen LogP) is 3.17. The van der Waals surface area contributed by atoms with Crippen molar-refractivity contribution in [2.45, 2.75) is 19.5 Å². The van der Waals surface area contributed by atoms with Gasteiger partial charge in [-0.15, -0.1) is 0 Å². The second-order valence-electron chi connectivity index (χ2n) is 7.18. The normalized spacial score (nSPS) is 16.0. The summed E-state index contributed by atoms with van der Waals surface area (Å²) in [5, 5.41) is 3.41. The number of hydrogen-bond acceptors (Lipinski definition) is 3. The second kappa shape index (κ2) is 7.04. The Balaban J connectivity index is 1.84. The number of rotatable bonds is 2. The molecule has 3 aromatic rings. The average molecular weight is 401 g/mol. The second-order valence-corrected chi connectivity index (χ2v) is 7.18. The summed E-state index contributed by atoms with van der Waals surface area (Å²) in [6.07, 6.45) is 0. The number of fused-ring (bicyclic) bond motifs is 3. The maximum absolute atomic E-state index is 14.0. The Morgan fingerprint density at radius 1 is 1.07 bits per heavy atom. The molecule has 0 bridgehead atoms. The standard InChI is InChI=1S/C21H18F3N3O2/c1-10-5-11(3-4-14(10)22)21(29)27(2)18-9-25-8-17-19(18)12-6-15(23)16(24)7-13(12)20(28)26-17/h3-7,18,25H,8-9H2,1-2H3,(H,26,28)/t18-/m1/s1. The maximum Gasteiger partial charge on any atom is 0.256 e. The van der Waals surface area contributed by atoms with Gasteiger partial charge in [0.2, 0.25) is 0 Å². The Kier molecular flexibility index (Phi) is 4.66. The Labute approximate surface area is 164 Å². The Morgan fingerprint density at radius 2 is 1.76 bits per heavy atom. The molecule has 1 amide bonds. The van der Waals surface area contributed by atoms with Crippen molar-refractivity contribution in [3.8, 4) is 0 Å². The number of carbonyl (C=O) groups excluding carboxylic acids is 1. The Hall–Kier alpha value is -3.13. The molecule has 2 heterocycles. The van der Waals surface area contributed by atoms with Gasteiger partial charge in [0.1, 0.15) is 5.82 Å². The Morgan fingerprint density at radius 3 is 2.45 bits per heavy atom. The molecule has 150 valence electrons. The molecule has 1 aliphatic heterocycles. The van der Waals surface area contributed by atoms with Crippen molar-refractivity contribution in [2.75, 3.05) is 13.6 Å². The molecule has 0 spiro atoms. The highest BCUT2D eigenvalue weighted by Crippen LogP contribution is 2.32. The summed E-state index contributed by atoms with van der Waals surface area (Å²) in [6.45, 7) is 2.25. The lowest BCUT2D eigenvalue weighted by Gasteiger charge is -2.34. The number of nitrogens with one attached hydrogen (secondary N) is 2. The molecule has 2 aromatic carbocycles. The van der Waals surface area contributed by atoms with Crippen LogP contribution < -0.4 is 10.9 Å². The van der Waals surface area contributed by atoms with E-state index in [1.807, 2.05) is 0 Å². The highest BCUT2D eigenvalue weighted by Gasteiger charge is 2.30. The first-order valence-corrected chi connectivity index (χ1v) is 9.05. The molecular weight excluding hydrogens is 383 g/mol. The number of amides is 1. The van der Waals surface area contributed by atoms with Gasteiger partial charge in [0, 0.05) is 37.0 Å². The zero-order valence-corrected chi connectivity index (χ0v) is 15.8. The lowest BCUT2D eigenvalue weighted by atomic mass is 9.93. The number of hydrogen-bond donors (Lipinski definition) is 2. The quantitative estimate of drug-likeness (QED) is 0.693. The average Bonchev–Trinajstić information content (AvgIpc) is 2.70. The SMILES string of the molecule is Cc1cc(C(=O)N(C)[C@@H]2CNCc3[nH]c(=O)c4cc(F)c(F)cc4c32)ccc1F. The van der Waals surface area contributed by atoms with Crippen LogP contribution >= 0.6 is 0 Å². The van der Waals surface area contributed by atoms with Gasteiger partial charge in [-0.1, -0.05) is 0 Å². The van der Waals surface area contributed by atoms with Crippen molar-refractivity contribution < 1.29 is 18.0 Å². The molecule has 4 rings (SSSR count). The van der Waals surface area contributed by atoms with Gasteiger partial charge in [-0.3, -0.25) is 9.59 Å². The van der Waals surface area contributed by atoms with E-state index in [2.05, 4.69) is 10.3 Å². The monoisotopic (exact) mass is 401 g/mol. The van der Waals surface area contributed by atoms with Crippen LogP contribution in [0, 0.1) is 24.4 Å². The maximum atomic E-state index is 14.0. The highest BCUT2D eigenvalue weighted by molar-refractivity contribution is 5.95. The molecule has 0 fully saturated rings. The summed E-state index contributed by atoms with van der Waals surface area (Å²) in [5.41, 5.74) is 1.21. The van der Waals surface area contributed by atoms with Gasteiger partial charge in [-0.2, -0.15) is 0 Å². The summed E-state index contributed by atoms with van der Waals surface area (Å²) >= 11 is 0. The van der Waals surface area contributed by atoms with E-state index in [1.54, 1.807) is 14.0 Å². The molecule has 1 aliphatic rings. The number of carbonyl (C=O) groups is 1. The number of aromatic amines is 1. The third-order valence-corrected chi connectivity index (χ3v) is 5.35. The van der Waals surface area contributed by atoms with Crippen LogP contribution in [0.3, 0.4) is 0 Å². The van der Waals surface area contributed by atoms with Gasteiger partial charge in [-0.25, -0.2) is 13.2 Å². The van der Waals surface area contributed by atoms with Crippen molar-refractivity contribution in [3.05, 3.63) is 80.5 Å². The third kappa shape index (κ3) is 3.19. The number of pyridine rings is 1. The molecule has 0 saturated carbocycles. The smallest absolute Gasteiger partial charge is 0.256 e. The van der Waals surface area contributed by atoms with Crippen LogP contribution in [0.5, 0.6) is 0 Å². The molecule has 0 unspecified atom stereocenters. The van der Waals surface area contributed by atoms with Gasteiger partial charge in [0.25, 0.3) is 11.5 Å². The molecule has 0 saturated heterocycles. The van der Waals surface area contributed by atoms with Crippen LogP contribution in [0.15, 0.2) is 35.1 Å². The molecule has 0 aliphatic carbocycles. The van der Waals surface area contributed by atoms with Gasteiger partial charge < -0.3 is 15.2 Å². The van der Waals surface area contributed by atoms with E-state index in [0.29, 0.717) is 35.5 Å². The number of benzene rings is 2. The van der Waals surface area contributed by atoms with Crippen LogP contribution in [0.25, 0.3) is 10.8 Å². The van der Waals surface area contributed by atoms with Gasteiger partial charge in [-0.05, 0) is 48.2 Å². The fraction of sp³-hybridized carbons (Fsp3) is 0.238.